The van der Waals surface area contributed by atoms with Crippen LogP contribution in [-0.2, 0) is 0 Å². The summed E-state index contributed by atoms with van der Waals surface area (Å²) < 4.78 is 0. The molecule has 0 atom stereocenters. The first-order valence-electron chi connectivity index (χ1n) is 6.09. The van der Waals surface area contributed by atoms with Crippen LogP contribution >= 0.6 is 34.8 Å². The number of hydrogen-bond donors (Lipinski definition) is 1. The van der Waals surface area contributed by atoms with E-state index in [0.29, 0.717) is 0 Å². The van der Waals surface area contributed by atoms with E-state index in [1.54, 1.807) is 0 Å². The average Bonchev–Trinajstić information content (AvgIpc) is 2.50. The van der Waals surface area contributed by atoms with Gasteiger partial charge in [0.2, 0.25) is 0 Å². The van der Waals surface area contributed by atoms with Gasteiger partial charge in [-0.2, -0.15) is 0 Å². The quantitative estimate of drug-likeness (QED) is 0.599. The molecule has 0 heterocycles. The summed E-state index contributed by atoms with van der Waals surface area (Å²) >= 11 is 17.2. The monoisotopic (exact) mass is 389 g/mol. The second kappa shape index (κ2) is 7.00. The summed E-state index contributed by atoms with van der Waals surface area (Å²) in [5.41, 5.74) is -1.53. The number of nitro groups is 2. The van der Waals surface area contributed by atoms with E-state index >= 15 is 0 Å². The maximum absolute atomic E-state index is 12.2. The highest BCUT2D eigenvalue weighted by Crippen LogP contribution is 2.35. The van der Waals surface area contributed by atoms with Crippen LogP contribution in [0.5, 0.6) is 0 Å². The number of carbonyl (C=O) groups excluding carboxylic acids is 1. The molecule has 8 nitrogen and oxygen atoms in total. The Morgan fingerprint density at radius 3 is 1.92 bits per heavy atom. The molecule has 11 heteroatoms. The molecule has 0 fully saturated rings. The van der Waals surface area contributed by atoms with E-state index in [2.05, 4.69) is 5.32 Å². The fraction of sp³-hybridized carbons (Fsp3) is 0. The van der Waals surface area contributed by atoms with Gasteiger partial charge in [0.25, 0.3) is 17.3 Å². The number of carbonyl (C=O) groups is 1. The zero-order valence-electron chi connectivity index (χ0n) is 11.5. The lowest BCUT2D eigenvalue weighted by Crippen LogP contribution is -2.13. The van der Waals surface area contributed by atoms with Gasteiger partial charge in [0.15, 0.2) is 5.02 Å². The number of amides is 1. The highest BCUT2D eigenvalue weighted by molar-refractivity contribution is 6.42. The number of benzene rings is 2. The summed E-state index contributed by atoms with van der Waals surface area (Å²) in [5.74, 6) is -0.809. The van der Waals surface area contributed by atoms with E-state index in [0.717, 1.165) is 12.1 Å². The molecule has 0 aromatic heterocycles. The topological polar surface area (TPSA) is 115 Å². The van der Waals surface area contributed by atoms with Gasteiger partial charge in [-0.15, -0.1) is 0 Å². The number of nitrogens with zero attached hydrogens (tertiary/aromatic N) is 2. The average molecular weight is 391 g/mol. The second-order valence-corrected chi connectivity index (χ2v) is 5.62. The first-order chi connectivity index (χ1) is 11.2. The molecule has 0 bridgehead atoms. The van der Waals surface area contributed by atoms with E-state index in [9.17, 15) is 25.0 Å². The van der Waals surface area contributed by atoms with E-state index in [4.69, 9.17) is 34.8 Å². The van der Waals surface area contributed by atoms with Crippen molar-refractivity contribution in [3.05, 3.63) is 71.2 Å². The van der Waals surface area contributed by atoms with Gasteiger partial charge in [-0.05, 0) is 18.2 Å². The van der Waals surface area contributed by atoms with Gasteiger partial charge in [-0.1, -0.05) is 34.8 Å². The molecule has 0 spiro atoms. The number of rotatable bonds is 4. The second-order valence-electron chi connectivity index (χ2n) is 4.43. The number of hydrogen-bond acceptors (Lipinski definition) is 5. The van der Waals surface area contributed by atoms with Crippen molar-refractivity contribution in [2.75, 3.05) is 5.32 Å². The largest absolute Gasteiger partial charge is 0.322 e. The molecule has 24 heavy (non-hydrogen) atoms. The summed E-state index contributed by atoms with van der Waals surface area (Å²) in [4.78, 5) is 32.3. The molecule has 0 aliphatic heterocycles. The van der Waals surface area contributed by atoms with E-state index in [1.807, 2.05) is 0 Å². The third-order valence-corrected chi connectivity index (χ3v) is 3.99. The molecule has 124 valence electrons. The predicted molar refractivity (Wildman–Crippen MR) is 89.2 cm³/mol. The molecule has 0 unspecified atom stereocenters. The van der Waals surface area contributed by atoms with Gasteiger partial charge in [-0.25, -0.2) is 0 Å². The predicted octanol–water partition coefficient (Wildman–Crippen LogP) is 4.72. The minimum atomic E-state index is -0.911. The lowest BCUT2D eigenvalue weighted by Gasteiger charge is -2.07. The molecule has 1 amide bonds. The summed E-state index contributed by atoms with van der Waals surface area (Å²) in [5, 5.41) is 24.1. The van der Waals surface area contributed by atoms with Crippen molar-refractivity contribution in [2.24, 2.45) is 0 Å². The molecule has 2 aromatic rings. The molecule has 0 aliphatic carbocycles. The number of nitrogens with one attached hydrogen (secondary N) is 1. The van der Waals surface area contributed by atoms with Gasteiger partial charge in [0.05, 0.1) is 25.5 Å². The van der Waals surface area contributed by atoms with Crippen LogP contribution < -0.4 is 5.32 Å². The Bertz CT molecular complexity index is 837. The van der Waals surface area contributed by atoms with Crippen LogP contribution in [0.3, 0.4) is 0 Å². The van der Waals surface area contributed by atoms with Crippen molar-refractivity contribution in [2.45, 2.75) is 0 Å². The zero-order valence-corrected chi connectivity index (χ0v) is 13.7. The van der Waals surface area contributed by atoms with E-state index in [1.165, 1.54) is 18.2 Å². The van der Waals surface area contributed by atoms with Crippen molar-refractivity contribution >= 4 is 57.8 Å². The van der Waals surface area contributed by atoms with Crippen molar-refractivity contribution in [3.63, 3.8) is 0 Å². The minimum Gasteiger partial charge on any atom is -0.322 e. The molecule has 1 N–H and O–H groups in total. The van der Waals surface area contributed by atoms with Crippen LogP contribution in [0.2, 0.25) is 15.1 Å². The Labute approximate surface area is 149 Å². The first kappa shape index (κ1) is 17.9. The SMILES string of the molecule is O=C(Nc1ccc(Cl)c(Cl)c1)c1cc([N+](=O)[O-])c(Cl)c([N+](=O)[O-])c1. The molecule has 0 saturated carbocycles. The van der Waals surface area contributed by atoms with Crippen LogP contribution in [0.4, 0.5) is 17.1 Å². The summed E-state index contributed by atoms with van der Waals surface area (Å²) in [6, 6.07) is 5.95. The smallest absolute Gasteiger partial charge is 0.295 e. The van der Waals surface area contributed by atoms with Gasteiger partial charge < -0.3 is 5.32 Å². The molecule has 0 saturated heterocycles. The Morgan fingerprint density at radius 1 is 0.917 bits per heavy atom. The third-order valence-electron chi connectivity index (χ3n) is 2.87. The Hall–Kier alpha value is -2.42. The van der Waals surface area contributed by atoms with Crippen LogP contribution in [0, 0.1) is 20.2 Å². The highest BCUT2D eigenvalue weighted by atomic mass is 35.5. The van der Waals surface area contributed by atoms with Gasteiger partial charge in [0.1, 0.15) is 0 Å². The van der Waals surface area contributed by atoms with Gasteiger partial charge in [0, 0.05) is 17.8 Å². The highest BCUT2D eigenvalue weighted by Gasteiger charge is 2.27. The van der Waals surface area contributed by atoms with Crippen molar-refractivity contribution < 1.29 is 14.6 Å². The van der Waals surface area contributed by atoms with Crippen molar-refractivity contribution in [3.8, 4) is 0 Å². The summed E-state index contributed by atoms with van der Waals surface area (Å²) in [6.07, 6.45) is 0. The van der Waals surface area contributed by atoms with E-state index in [-0.39, 0.29) is 21.3 Å². The van der Waals surface area contributed by atoms with Gasteiger partial charge >= 0.3 is 0 Å². The molecule has 2 rings (SSSR count). The van der Waals surface area contributed by atoms with Crippen LogP contribution in [0.25, 0.3) is 0 Å². The number of anilines is 1. The minimum absolute atomic E-state index is 0.183. The first-order valence-corrected chi connectivity index (χ1v) is 7.23. The molecule has 0 aliphatic rings. The van der Waals surface area contributed by atoms with Crippen molar-refractivity contribution in [1.82, 2.24) is 0 Å². The van der Waals surface area contributed by atoms with E-state index < -0.39 is 32.2 Å². The fourth-order valence-corrected chi connectivity index (χ4v) is 2.31. The third kappa shape index (κ3) is 3.73. The normalized spacial score (nSPS) is 10.3. The van der Waals surface area contributed by atoms with Crippen LogP contribution in [0.15, 0.2) is 30.3 Å². The molecular weight excluding hydrogens is 385 g/mol. The Kier molecular flexibility index (Phi) is 5.23. The van der Waals surface area contributed by atoms with Crippen LogP contribution in [-0.4, -0.2) is 15.8 Å². The standard InChI is InChI=1S/C13H6Cl3N3O5/c14-8-2-1-7(5-9(8)15)17-13(20)6-3-10(18(21)22)12(16)11(4-6)19(23)24/h1-5H,(H,17,20). The molecule has 2 aromatic carbocycles. The lowest BCUT2D eigenvalue weighted by molar-refractivity contribution is -0.393. The van der Waals surface area contributed by atoms with Crippen molar-refractivity contribution in [1.29, 1.82) is 0 Å². The zero-order chi connectivity index (χ0) is 18.0. The summed E-state index contributed by atoms with van der Waals surface area (Å²) in [6.45, 7) is 0. The maximum atomic E-state index is 12.2. The Balaban J connectivity index is 2.43. The number of halogens is 3. The Morgan fingerprint density at radius 2 is 1.46 bits per heavy atom. The summed E-state index contributed by atoms with van der Waals surface area (Å²) in [7, 11) is 0. The van der Waals surface area contributed by atoms with Crippen LogP contribution in [0.1, 0.15) is 10.4 Å². The molecule has 0 radical (unpaired) electrons. The lowest BCUT2D eigenvalue weighted by atomic mass is 10.1. The fourth-order valence-electron chi connectivity index (χ4n) is 1.77. The van der Waals surface area contributed by atoms with Gasteiger partial charge in [-0.3, -0.25) is 25.0 Å². The maximum Gasteiger partial charge on any atom is 0.295 e. The number of nitro benzene ring substituents is 2. The molecular formula is C13H6Cl3N3O5.